The number of hydrogen-bond donors (Lipinski definition) is 0. The molecule has 1 heterocycles. The molecule has 0 saturated carbocycles. The van der Waals surface area contributed by atoms with E-state index >= 15 is 0 Å². The number of benzene rings is 1. The van der Waals surface area contributed by atoms with Gasteiger partial charge < -0.3 is 4.74 Å². The summed E-state index contributed by atoms with van der Waals surface area (Å²) in [7, 11) is 1.55. The Morgan fingerprint density at radius 3 is 2.61 bits per heavy atom. The van der Waals surface area contributed by atoms with Crippen molar-refractivity contribution in [1.82, 2.24) is 9.78 Å². The molecule has 94 valence electrons. The van der Waals surface area contributed by atoms with Gasteiger partial charge in [-0.15, -0.1) is 11.8 Å². The Morgan fingerprint density at radius 2 is 2.06 bits per heavy atom. The Bertz CT molecular complexity index is 563. The van der Waals surface area contributed by atoms with E-state index in [1.165, 1.54) is 12.1 Å². The van der Waals surface area contributed by atoms with Crippen LogP contribution in [0.25, 0.3) is 11.4 Å². The summed E-state index contributed by atoms with van der Waals surface area (Å²) in [6.45, 7) is 3.77. The maximum atomic E-state index is 12.9. The zero-order valence-corrected chi connectivity index (χ0v) is 11.0. The van der Waals surface area contributed by atoms with E-state index in [9.17, 15) is 4.39 Å². The minimum absolute atomic E-state index is 0.266. The van der Waals surface area contributed by atoms with Crippen LogP contribution in [0.15, 0.2) is 41.9 Å². The summed E-state index contributed by atoms with van der Waals surface area (Å²) in [4.78, 5) is 0. The van der Waals surface area contributed by atoms with E-state index in [2.05, 4.69) is 11.7 Å². The van der Waals surface area contributed by atoms with Crippen molar-refractivity contribution in [3.8, 4) is 5.69 Å². The van der Waals surface area contributed by atoms with E-state index in [1.807, 2.05) is 12.3 Å². The van der Waals surface area contributed by atoms with Crippen LogP contribution in [0.4, 0.5) is 4.39 Å². The fourth-order valence-corrected chi connectivity index (χ4v) is 2.07. The number of methoxy groups -OCH3 is 1. The molecule has 0 aliphatic heterocycles. The molecular weight excluding hydrogens is 251 g/mol. The molecule has 3 nitrogen and oxygen atoms in total. The first-order valence-electron chi connectivity index (χ1n) is 5.29. The van der Waals surface area contributed by atoms with Gasteiger partial charge in [0.05, 0.1) is 12.8 Å². The number of halogens is 1. The molecule has 0 spiro atoms. The third-order valence-electron chi connectivity index (χ3n) is 2.49. The van der Waals surface area contributed by atoms with Crippen LogP contribution in [-0.4, -0.2) is 23.1 Å². The Morgan fingerprint density at radius 1 is 1.39 bits per heavy atom. The average molecular weight is 264 g/mol. The largest absolute Gasteiger partial charge is 0.495 e. The highest BCUT2D eigenvalue weighted by molar-refractivity contribution is 7.98. The SMILES string of the molecule is C=C(OC)c1cc(SC)n(-c2ccc(F)cc2)n1. The molecule has 0 unspecified atom stereocenters. The van der Waals surface area contributed by atoms with Crippen LogP contribution in [0.1, 0.15) is 5.69 Å². The lowest BCUT2D eigenvalue weighted by atomic mass is 10.3. The van der Waals surface area contributed by atoms with Crippen LogP contribution in [0, 0.1) is 5.82 Å². The second-order valence-electron chi connectivity index (χ2n) is 3.59. The molecule has 1 aromatic heterocycles. The van der Waals surface area contributed by atoms with Gasteiger partial charge in [-0.3, -0.25) is 0 Å². The maximum absolute atomic E-state index is 12.9. The number of thioether (sulfide) groups is 1. The van der Waals surface area contributed by atoms with E-state index in [-0.39, 0.29) is 5.82 Å². The van der Waals surface area contributed by atoms with Gasteiger partial charge in [0.25, 0.3) is 0 Å². The summed E-state index contributed by atoms with van der Waals surface area (Å²) in [6, 6.07) is 8.07. The number of rotatable bonds is 4. The number of nitrogens with zero attached hydrogens (tertiary/aromatic N) is 2. The Kier molecular flexibility index (Phi) is 3.72. The van der Waals surface area contributed by atoms with Gasteiger partial charge in [0.2, 0.25) is 0 Å². The van der Waals surface area contributed by atoms with Crippen LogP contribution >= 0.6 is 11.8 Å². The first-order chi connectivity index (χ1) is 8.65. The fourth-order valence-electron chi connectivity index (χ4n) is 1.52. The van der Waals surface area contributed by atoms with Gasteiger partial charge in [0.15, 0.2) is 0 Å². The number of ether oxygens (including phenoxy) is 1. The molecule has 0 fully saturated rings. The molecule has 0 atom stereocenters. The van der Waals surface area contributed by atoms with E-state index in [4.69, 9.17) is 4.74 Å². The summed E-state index contributed by atoms with van der Waals surface area (Å²) in [6.07, 6.45) is 1.95. The lowest BCUT2D eigenvalue weighted by Crippen LogP contribution is -1.99. The first-order valence-corrected chi connectivity index (χ1v) is 6.51. The normalized spacial score (nSPS) is 10.4. The molecule has 18 heavy (non-hydrogen) atoms. The van der Waals surface area contributed by atoms with Gasteiger partial charge in [-0.05, 0) is 30.5 Å². The molecule has 0 bridgehead atoms. The van der Waals surface area contributed by atoms with Crippen LogP contribution < -0.4 is 0 Å². The molecular formula is C13H13FN2OS. The van der Waals surface area contributed by atoms with Crippen molar-refractivity contribution in [3.63, 3.8) is 0 Å². The topological polar surface area (TPSA) is 27.1 Å². The maximum Gasteiger partial charge on any atom is 0.139 e. The molecule has 0 radical (unpaired) electrons. The van der Waals surface area contributed by atoms with Crippen molar-refractivity contribution in [1.29, 1.82) is 0 Å². The standard InChI is InChI=1S/C13H13FN2OS/c1-9(17-2)12-8-13(18-3)16(15-12)11-6-4-10(14)5-7-11/h4-8H,1H2,2-3H3. The Balaban J connectivity index is 2.46. The monoisotopic (exact) mass is 264 g/mol. The molecule has 5 heteroatoms. The summed E-state index contributed by atoms with van der Waals surface area (Å²) in [5.41, 5.74) is 1.47. The molecule has 2 aromatic rings. The van der Waals surface area contributed by atoms with Crippen LogP contribution in [0.2, 0.25) is 0 Å². The zero-order valence-electron chi connectivity index (χ0n) is 10.2. The minimum atomic E-state index is -0.266. The van der Waals surface area contributed by atoms with Gasteiger partial charge in [-0.2, -0.15) is 5.10 Å². The Labute approximate surface area is 109 Å². The third-order valence-corrected chi connectivity index (χ3v) is 3.20. The minimum Gasteiger partial charge on any atom is -0.495 e. The summed E-state index contributed by atoms with van der Waals surface area (Å²) in [5, 5.41) is 5.34. The van der Waals surface area contributed by atoms with Gasteiger partial charge in [0, 0.05) is 6.07 Å². The predicted octanol–water partition coefficient (Wildman–Crippen LogP) is 3.35. The molecule has 2 rings (SSSR count). The lowest BCUT2D eigenvalue weighted by Gasteiger charge is -2.04. The second-order valence-corrected chi connectivity index (χ2v) is 4.41. The van der Waals surface area contributed by atoms with Crippen molar-refractivity contribution >= 4 is 17.5 Å². The van der Waals surface area contributed by atoms with Crippen LogP contribution in [-0.2, 0) is 4.74 Å². The zero-order chi connectivity index (χ0) is 13.1. The third kappa shape index (κ3) is 2.41. The molecule has 0 saturated heterocycles. The van der Waals surface area contributed by atoms with E-state index < -0.39 is 0 Å². The molecule has 0 aliphatic rings. The quantitative estimate of drug-likeness (QED) is 0.626. The van der Waals surface area contributed by atoms with Gasteiger partial charge in [-0.25, -0.2) is 9.07 Å². The van der Waals surface area contributed by atoms with Gasteiger partial charge >= 0.3 is 0 Å². The van der Waals surface area contributed by atoms with Crippen LogP contribution in [0.3, 0.4) is 0 Å². The highest BCUT2D eigenvalue weighted by Crippen LogP contribution is 2.24. The Hall–Kier alpha value is -1.75. The predicted molar refractivity (Wildman–Crippen MR) is 71.3 cm³/mol. The van der Waals surface area contributed by atoms with Crippen molar-refractivity contribution in [3.05, 3.63) is 48.4 Å². The second kappa shape index (κ2) is 5.27. The summed E-state index contributed by atoms with van der Waals surface area (Å²) in [5.74, 6) is 0.240. The smallest absolute Gasteiger partial charge is 0.139 e. The molecule has 0 aliphatic carbocycles. The number of aromatic nitrogens is 2. The first kappa shape index (κ1) is 12.7. The molecule has 1 aromatic carbocycles. The van der Waals surface area contributed by atoms with E-state index in [1.54, 1.807) is 35.7 Å². The van der Waals surface area contributed by atoms with Crippen molar-refractivity contribution in [2.45, 2.75) is 5.03 Å². The molecule has 0 N–H and O–H groups in total. The lowest BCUT2D eigenvalue weighted by molar-refractivity contribution is 0.369. The molecule has 0 amide bonds. The van der Waals surface area contributed by atoms with Crippen molar-refractivity contribution in [2.24, 2.45) is 0 Å². The number of hydrogen-bond acceptors (Lipinski definition) is 3. The highest BCUT2D eigenvalue weighted by Gasteiger charge is 2.11. The van der Waals surface area contributed by atoms with Crippen molar-refractivity contribution in [2.75, 3.05) is 13.4 Å². The average Bonchev–Trinajstić information content (AvgIpc) is 2.83. The van der Waals surface area contributed by atoms with Crippen LogP contribution in [0.5, 0.6) is 0 Å². The van der Waals surface area contributed by atoms with Crippen molar-refractivity contribution < 1.29 is 9.13 Å². The fraction of sp³-hybridized carbons (Fsp3) is 0.154. The summed E-state index contributed by atoms with van der Waals surface area (Å²) < 4.78 is 19.7. The van der Waals surface area contributed by atoms with E-state index in [0.717, 1.165) is 10.7 Å². The van der Waals surface area contributed by atoms with E-state index in [0.29, 0.717) is 11.5 Å². The van der Waals surface area contributed by atoms with Gasteiger partial charge in [-0.1, -0.05) is 6.58 Å². The van der Waals surface area contributed by atoms with Gasteiger partial charge in [0.1, 0.15) is 22.3 Å². The highest BCUT2D eigenvalue weighted by atomic mass is 32.2. The summed E-state index contributed by atoms with van der Waals surface area (Å²) >= 11 is 1.55.